The van der Waals surface area contributed by atoms with E-state index in [1.165, 1.54) is 6.20 Å². The van der Waals surface area contributed by atoms with Gasteiger partial charge in [0, 0.05) is 18.3 Å². The maximum absolute atomic E-state index is 7.35. The molecule has 0 aliphatic heterocycles. The number of ether oxygens (including phenoxy) is 1. The van der Waals surface area contributed by atoms with Crippen molar-refractivity contribution in [2.45, 2.75) is 6.42 Å². The third-order valence-electron chi connectivity index (χ3n) is 2.14. The van der Waals surface area contributed by atoms with Crippen molar-refractivity contribution in [2.24, 2.45) is 5.73 Å². The summed E-state index contributed by atoms with van der Waals surface area (Å²) in [5, 5.41) is 7.64. The largest absolute Gasteiger partial charge is 0.477 e. The highest BCUT2D eigenvalue weighted by atomic mass is 35.5. The second-order valence-corrected chi connectivity index (χ2v) is 4.27. The molecular formula is C11H17ClN4O. The number of halogens is 1. The van der Waals surface area contributed by atoms with Gasteiger partial charge in [0.2, 0.25) is 5.88 Å². The molecule has 0 aromatic carbocycles. The van der Waals surface area contributed by atoms with Crippen molar-refractivity contribution in [3.05, 3.63) is 22.8 Å². The van der Waals surface area contributed by atoms with Crippen LogP contribution in [0.15, 0.2) is 12.3 Å². The van der Waals surface area contributed by atoms with Crippen molar-refractivity contribution in [3.8, 4) is 5.88 Å². The van der Waals surface area contributed by atoms with E-state index in [2.05, 4.69) is 9.88 Å². The predicted molar refractivity (Wildman–Crippen MR) is 68.9 cm³/mol. The number of nitrogens with one attached hydrogen (secondary N) is 1. The third kappa shape index (κ3) is 4.20. The first-order chi connectivity index (χ1) is 8.02. The zero-order chi connectivity index (χ0) is 12.8. The molecule has 0 aliphatic carbocycles. The van der Waals surface area contributed by atoms with E-state index >= 15 is 0 Å². The summed E-state index contributed by atoms with van der Waals surface area (Å²) in [7, 11) is 4.00. The van der Waals surface area contributed by atoms with Crippen molar-refractivity contribution in [1.29, 1.82) is 5.41 Å². The van der Waals surface area contributed by atoms with Crippen molar-refractivity contribution in [1.82, 2.24) is 9.88 Å². The van der Waals surface area contributed by atoms with Gasteiger partial charge in [-0.25, -0.2) is 4.98 Å². The highest BCUT2D eigenvalue weighted by Crippen LogP contribution is 2.25. The number of hydrogen-bond donors (Lipinski definition) is 2. The van der Waals surface area contributed by atoms with Crippen LogP contribution in [0.2, 0.25) is 5.02 Å². The lowest BCUT2D eigenvalue weighted by molar-refractivity contribution is 0.273. The summed E-state index contributed by atoms with van der Waals surface area (Å²) in [4.78, 5) is 6.09. The topological polar surface area (TPSA) is 75.2 Å². The van der Waals surface area contributed by atoms with Crippen LogP contribution in [-0.4, -0.2) is 43.0 Å². The Hall–Kier alpha value is -1.33. The molecular weight excluding hydrogens is 240 g/mol. The van der Waals surface area contributed by atoms with Crippen LogP contribution in [0.4, 0.5) is 0 Å². The van der Waals surface area contributed by atoms with E-state index in [-0.39, 0.29) is 5.84 Å². The van der Waals surface area contributed by atoms with E-state index in [0.29, 0.717) is 23.1 Å². The number of rotatable bonds is 6. The van der Waals surface area contributed by atoms with Gasteiger partial charge in [0.05, 0.1) is 6.61 Å². The summed E-state index contributed by atoms with van der Waals surface area (Å²) >= 11 is 6.03. The van der Waals surface area contributed by atoms with Gasteiger partial charge in [0.1, 0.15) is 10.9 Å². The molecule has 94 valence electrons. The molecule has 0 amide bonds. The Kier molecular flexibility index (Phi) is 5.18. The molecule has 3 N–H and O–H groups in total. The summed E-state index contributed by atoms with van der Waals surface area (Å²) in [6.07, 6.45) is 2.42. The van der Waals surface area contributed by atoms with Crippen molar-refractivity contribution >= 4 is 17.4 Å². The zero-order valence-electron chi connectivity index (χ0n) is 10.0. The number of hydrogen-bond acceptors (Lipinski definition) is 4. The number of amidine groups is 1. The Morgan fingerprint density at radius 2 is 2.29 bits per heavy atom. The number of aromatic nitrogens is 1. The molecule has 1 heterocycles. The van der Waals surface area contributed by atoms with Crippen molar-refractivity contribution < 1.29 is 4.74 Å². The van der Waals surface area contributed by atoms with E-state index < -0.39 is 0 Å². The Morgan fingerprint density at radius 3 is 2.88 bits per heavy atom. The van der Waals surface area contributed by atoms with Crippen LogP contribution in [0, 0.1) is 5.41 Å². The summed E-state index contributed by atoms with van der Waals surface area (Å²) < 4.78 is 5.46. The second-order valence-electron chi connectivity index (χ2n) is 3.90. The summed E-state index contributed by atoms with van der Waals surface area (Å²) in [5.74, 6) is 0.244. The predicted octanol–water partition coefficient (Wildman–Crippen LogP) is 1.35. The molecule has 0 saturated heterocycles. The van der Waals surface area contributed by atoms with Gasteiger partial charge in [-0.15, -0.1) is 0 Å². The fourth-order valence-electron chi connectivity index (χ4n) is 1.28. The van der Waals surface area contributed by atoms with Crippen molar-refractivity contribution in [3.63, 3.8) is 0 Å². The molecule has 17 heavy (non-hydrogen) atoms. The Balaban J connectivity index is 2.59. The van der Waals surface area contributed by atoms with Gasteiger partial charge in [0.15, 0.2) is 0 Å². The van der Waals surface area contributed by atoms with E-state index in [9.17, 15) is 0 Å². The smallest absolute Gasteiger partial charge is 0.233 e. The lowest BCUT2D eigenvalue weighted by Crippen LogP contribution is -2.16. The molecule has 0 bridgehead atoms. The molecule has 0 unspecified atom stereocenters. The Morgan fingerprint density at radius 1 is 1.59 bits per heavy atom. The van der Waals surface area contributed by atoms with Crippen LogP contribution in [0.5, 0.6) is 5.88 Å². The Bertz CT molecular complexity index is 395. The normalized spacial score (nSPS) is 10.6. The van der Waals surface area contributed by atoms with Crippen molar-refractivity contribution in [2.75, 3.05) is 27.2 Å². The first-order valence-corrected chi connectivity index (χ1v) is 5.66. The zero-order valence-corrected chi connectivity index (χ0v) is 10.8. The minimum absolute atomic E-state index is 0.0875. The molecule has 5 nitrogen and oxygen atoms in total. The summed E-state index contributed by atoms with van der Waals surface area (Å²) in [5.41, 5.74) is 5.84. The van der Waals surface area contributed by atoms with E-state index in [1.807, 2.05) is 14.1 Å². The van der Waals surface area contributed by atoms with Gasteiger partial charge in [0.25, 0.3) is 0 Å². The Labute approximate surface area is 106 Å². The highest BCUT2D eigenvalue weighted by Gasteiger charge is 2.10. The van der Waals surface area contributed by atoms with Crippen LogP contribution in [-0.2, 0) is 0 Å². The first-order valence-electron chi connectivity index (χ1n) is 5.28. The van der Waals surface area contributed by atoms with Crippen LogP contribution in [0.3, 0.4) is 0 Å². The van der Waals surface area contributed by atoms with E-state index in [0.717, 1.165) is 13.0 Å². The maximum Gasteiger partial charge on any atom is 0.233 e. The molecule has 0 fully saturated rings. The highest BCUT2D eigenvalue weighted by molar-refractivity contribution is 6.35. The maximum atomic E-state index is 7.35. The van der Waals surface area contributed by atoms with Gasteiger partial charge in [-0.2, -0.15) is 0 Å². The minimum atomic E-state index is -0.0875. The van der Waals surface area contributed by atoms with Gasteiger partial charge < -0.3 is 15.4 Å². The van der Waals surface area contributed by atoms with Crippen LogP contribution in [0.1, 0.15) is 12.0 Å². The average molecular weight is 257 g/mol. The standard InChI is InChI=1S/C11H17ClN4O/c1-16(2)6-3-7-17-11-9(12)8(10(13)14)4-5-15-11/h4-5H,3,6-7H2,1-2H3,(H3,13,14). The number of nitrogen functional groups attached to an aromatic ring is 1. The van der Waals surface area contributed by atoms with Crippen LogP contribution in [0.25, 0.3) is 0 Å². The fourth-order valence-corrected chi connectivity index (χ4v) is 1.55. The van der Waals surface area contributed by atoms with E-state index in [1.54, 1.807) is 6.07 Å². The number of pyridine rings is 1. The van der Waals surface area contributed by atoms with Crippen LogP contribution < -0.4 is 10.5 Å². The first kappa shape index (κ1) is 13.7. The molecule has 1 aromatic heterocycles. The monoisotopic (exact) mass is 256 g/mol. The average Bonchev–Trinajstić information content (AvgIpc) is 2.25. The summed E-state index contributed by atoms with van der Waals surface area (Å²) in [6, 6.07) is 1.59. The van der Waals surface area contributed by atoms with Gasteiger partial charge in [-0.05, 0) is 26.6 Å². The fraction of sp³-hybridized carbons (Fsp3) is 0.455. The second kappa shape index (κ2) is 6.42. The van der Waals surface area contributed by atoms with Gasteiger partial charge in [-0.1, -0.05) is 11.6 Å². The summed E-state index contributed by atoms with van der Waals surface area (Å²) in [6.45, 7) is 1.47. The molecule has 1 aromatic rings. The molecule has 1 rings (SSSR count). The number of nitrogens with two attached hydrogens (primary N) is 1. The molecule has 6 heteroatoms. The quantitative estimate of drug-likeness (QED) is 0.458. The third-order valence-corrected chi connectivity index (χ3v) is 2.50. The van der Waals surface area contributed by atoms with Crippen LogP contribution >= 0.6 is 11.6 Å². The molecule has 0 spiro atoms. The minimum Gasteiger partial charge on any atom is -0.477 e. The van der Waals surface area contributed by atoms with Gasteiger partial charge >= 0.3 is 0 Å². The number of nitrogens with zero attached hydrogens (tertiary/aromatic N) is 2. The van der Waals surface area contributed by atoms with Gasteiger partial charge in [-0.3, -0.25) is 5.41 Å². The molecule has 0 atom stereocenters. The lowest BCUT2D eigenvalue weighted by atomic mass is 10.2. The SMILES string of the molecule is CN(C)CCCOc1nccc(C(=N)N)c1Cl. The molecule has 0 saturated carbocycles. The lowest BCUT2D eigenvalue weighted by Gasteiger charge is -2.11. The molecule has 0 radical (unpaired) electrons. The molecule has 0 aliphatic rings. The van der Waals surface area contributed by atoms with E-state index in [4.69, 9.17) is 27.5 Å².